The van der Waals surface area contributed by atoms with Crippen LogP contribution in [0, 0.1) is 11.3 Å². The van der Waals surface area contributed by atoms with E-state index >= 15 is 0 Å². The second-order valence-corrected chi connectivity index (χ2v) is 9.85. The number of halogens is 1. The van der Waals surface area contributed by atoms with Crippen LogP contribution in [0.5, 0.6) is 5.75 Å². The minimum absolute atomic E-state index is 0.141. The predicted molar refractivity (Wildman–Crippen MR) is 140 cm³/mol. The maximum absolute atomic E-state index is 11.1. The van der Waals surface area contributed by atoms with Crippen LogP contribution < -0.4 is 9.64 Å². The van der Waals surface area contributed by atoms with Gasteiger partial charge < -0.3 is 19.8 Å². The van der Waals surface area contributed by atoms with Crippen molar-refractivity contribution in [3.05, 3.63) is 71.4 Å². The summed E-state index contributed by atoms with van der Waals surface area (Å²) < 4.78 is 7.32. The average Bonchev–Trinajstić information content (AvgIpc) is 3.32. The largest absolute Gasteiger partial charge is 0.489 e. The third-order valence-corrected chi connectivity index (χ3v) is 6.95. The Balaban J connectivity index is 1.35. The molecule has 1 aliphatic heterocycles. The van der Waals surface area contributed by atoms with Crippen LogP contribution in [-0.2, 0) is 6.42 Å². The first-order chi connectivity index (χ1) is 17.8. The van der Waals surface area contributed by atoms with Crippen molar-refractivity contribution in [3.8, 4) is 22.9 Å². The second kappa shape index (κ2) is 10.3. The molecule has 190 valence electrons. The van der Waals surface area contributed by atoms with Crippen LogP contribution in [0.3, 0.4) is 0 Å². The van der Waals surface area contributed by atoms with Crippen LogP contribution in [-0.4, -0.2) is 61.2 Å². The van der Waals surface area contributed by atoms with E-state index in [1.54, 1.807) is 42.2 Å². The van der Waals surface area contributed by atoms with Crippen molar-refractivity contribution in [2.75, 3.05) is 24.6 Å². The van der Waals surface area contributed by atoms with Crippen molar-refractivity contribution in [2.24, 2.45) is 0 Å². The van der Waals surface area contributed by atoms with Gasteiger partial charge in [-0.2, -0.15) is 10.4 Å². The Labute approximate surface area is 219 Å². The molecular weight excluding hydrogens is 492 g/mol. The molecule has 1 unspecified atom stereocenters. The molecule has 0 radical (unpaired) electrons. The van der Waals surface area contributed by atoms with E-state index in [2.05, 4.69) is 21.1 Å². The maximum Gasteiger partial charge on any atom is 0.138 e. The molecule has 0 spiro atoms. The molecule has 0 aliphatic carbocycles. The number of aromatic nitrogens is 4. The van der Waals surface area contributed by atoms with E-state index in [0.717, 1.165) is 16.9 Å². The highest BCUT2D eigenvalue weighted by molar-refractivity contribution is 6.31. The Morgan fingerprint density at radius 3 is 2.70 bits per heavy atom. The Bertz CT molecular complexity index is 1440. The number of aliphatic hydroxyl groups excluding tert-OH is 1. The van der Waals surface area contributed by atoms with E-state index < -0.39 is 11.7 Å². The van der Waals surface area contributed by atoms with Crippen molar-refractivity contribution in [3.63, 3.8) is 0 Å². The topological polar surface area (TPSA) is 120 Å². The standard InChI is InChI=1S/C27H27ClN6O3/c1-18(35)17-37-21-11-22(26-20(13-29)15-32-34(26)16-21)19-4-5-25(31-14-19)33-9-6-27(36,7-10-33)12-24-23(28)3-2-8-30-24/h2-5,8,11,14-16,18,35-36H,6-7,9-10,12,17H2,1H3. The van der Waals surface area contributed by atoms with Gasteiger partial charge in [-0.1, -0.05) is 11.6 Å². The number of anilines is 1. The summed E-state index contributed by atoms with van der Waals surface area (Å²) in [7, 11) is 0. The van der Waals surface area contributed by atoms with Gasteiger partial charge in [0.1, 0.15) is 24.2 Å². The van der Waals surface area contributed by atoms with Gasteiger partial charge in [0.2, 0.25) is 0 Å². The summed E-state index contributed by atoms with van der Waals surface area (Å²) in [5.74, 6) is 1.34. The molecule has 5 heterocycles. The number of ether oxygens (including phenoxy) is 1. The first-order valence-corrected chi connectivity index (χ1v) is 12.5. The van der Waals surface area contributed by atoms with Crippen LogP contribution >= 0.6 is 11.6 Å². The molecule has 1 fully saturated rings. The normalized spacial score (nSPS) is 15.9. The summed E-state index contributed by atoms with van der Waals surface area (Å²) in [5.41, 5.74) is 2.54. The van der Waals surface area contributed by atoms with E-state index in [1.165, 1.54) is 6.20 Å². The molecule has 0 aromatic carbocycles. The summed E-state index contributed by atoms with van der Waals surface area (Å²) in [6.45, 7) is 3.10. The lowest BCUT2D eigenvalue weighted by Gasteiger charge is -2.38. The number of rotatable bonds is 7. The molecule has 37 heavy (non-hydrogen) atoms. The third kappa shape index (κ3) is 5.37. The van der Waals surface area contributed by atoms with Crippen molar-refractivity contribution < 1.29 is 14.9 Å². The van der Waals surface area contributed by atoms with E-state index in [1.807, 2.05) is 18.2 Å². The fraction of sp³-hybridized carbons (Fsp3) is 0.333. The maximum atomic E-state index is 11.1. The lowest BCUT2D eigenvalue weighted by Crippen LogP contribution is -2.46. The van der Waals surface area contributed by atoms with Gasteiger partial charge in [0.15, 0.2) is 0 Å². The molecule has 0 bridgehead atoms. The number of pyridine rings is 3. The number of fused-ring (bicyclic) bond motifs is 1. The smallest absolute Gasteiger partial charge is 0.138 e. The molecule has 1 atom stereocenters. The predicted octanol–water partition coefficient (Wildman–Crippen LogP) is 3.65. The highest BCUT2D eigenvalue weighted by Gasteiger charge is 2.34. The van der Waals surface area contributed by atoms with Crippen molar-refractivity contribution in [1.29, 1.82) is 5.26 Å². The highest BCUT2D eigenvalue weighted by atomic mass is 35.5. The third-order valence-electron chi connectivity index (χ3n) is 6.61. The van der Waals surface area contributed by atoms with E-state index in [-0.39, 0.29) is 6.61 Å². The Morgan fingerprint density at radius 2 is 2.03 bits per heavy atom. The number of aliphatic hydroxyl groups is 2. The first-order valence-electron chi connectivity index (χ1n) is 12.1. The van der Waals surface area contributed by atoms with E-state index in [0.29, 0.717) is 59.9 Å². The molecule has 4 aromatic rings. The van der Waals surface area contributed by atoms with E-state index in [9.17, 15) is 15.5 Å². The quantitative estimate of drug-likeness (QED) is 0.380. The van der Waals surface area contributed by atoms with Gasteiger partial charge >= 0.3 is 0 Å². The Kier molecular flexibility index (Phi) is 6.98. The molecular formula is C27H27ClN6O3. The zero-order valence-corrected chi connectivity index (χ0v) is 21.1. The summed E-state index contributed by atoms with van der Waals surface area (Å²) in [5, 5.41) is 35.2. The number of nitriles is 1. The summed E-state index contributed by atoms with van der Waals surface area (Å²) >= 11 is 6.25. The Morgan fingerprint density at radius 1 is 1.22 bits per heavy atom. The minimum atomic E-state index is -0.859. The van der Waals surface area contributed by atoms with Crippen LogP contribution in [0.1, 0.15) is 31.0 Å². The summed E-state index contributed by atoms with van der Waals surface area (Å²) in [4.78, 5) is 11.2. The van der Waals surface area contributed by atoms with Crippen LogP contribution in [0.25, 0.3) is 16.6 Å². The Hall–Kier alpha value is -3.71. The van der Waals surface area contributed by atoms with Gasteiger partial charge in [-0.25, -0.2) is 9.50 Å². The average molecular weight is 519 g/mol. The molecule has 4 aromatic heterocycles. The van der Waals surface area contributed by atoms with Crippen molar-refractivity contribution >= 4 is 22.9 Å². The SMILES string of the molecule is CC(O)COc1cc(-c2ccc(N3CCC(O)(Cc4ncccc4Cl)CC3)nc2)c2c(C#N)cnn2c1. The van der Waals surface area contributed by atoms with Gasteiger partial charge in [0.05, 0.1) is 45.9 Å². The minimum Gasteiger partial charge on any atom is -0.489 e. The number of nitrogens with zero attached hydrogens (tertiary/aromatic N) is 6. The molecule has 10 heteroatoms. The number of hydrogen-bond acceptors (Lipinski definition) is 8. The van der Waals surface area contributed by atoms with E-state index in [4.69, 9.17) is 21.3 Å². The zero-order chi connectivity index (χ0) is 26.0. The van der Waals surface area contributed by atoms with Crippen LogP contribution in [0.4, 0.5) is 5.82 Å². The van der Waals surface area contributed by atoms with Crippen LogP contribution in [0.15, 0.2) is 55.1 Å². The summed E-state index contributed by atoms with van der Waals surface area (Å²) in [6.07, 6.45) is 7.63. The van der Waals surface area contributed by atoms with Crippen LogP contribution in [0.2, 0.25) is 5.02 Å². The van der Waals surface area contributed by atoms with Gasteiger partial charge in [-0.05, 0) is 50.1 Å². The highest BCUT2D eigenvalue weighted by Crippen LogP contribution is 2.33. The molecule has 1 saturated heterocycles. The molecule has 0 amide bonds. The molecule has 9 nitrogen and oxygen atoms in total. The second-order valence-electron chi connectivity index (χ2n) is 9.44. The molecule has 5 rings (SSSR count). The lowest BCUT2D eigenvalue weighted by atomic mass is 9.87. The van der Waals surface area contributed by atoms with Crippen molar-refractivity contribution in [2.45, 2.75) is 37.9 Å². The van der Waals surface area contributed by atoms with Gasteiger partial charge in [0, 0.05) is 43.0 Å². The number of piperidine rings is 1. The fourth-order valence-electron chi connectivity index (χ4n) is 4.62. The lowest BCUT2D eigenvalue weighted by molar-refractivity contribution is 0.0156. The fourth-order valence-corrected chi connectivity index (χ4v) is 4.80. The van der Waals surface area contributed by atoms with Gasteiger partial charge in [-0.3, -0.25) is 4.98 Å². The van der Waals surface area contributed by atoms with Crippen molar-refractivity contribution in [1.82, 2.24) is 19.6 Å². The molecule has 2 N–H and O–H groups in total. The van der Waals surface area contributed by atoms with Gasteiger partial charge in [0.25, 0.3) is 0 Å². The summed E-state index contributed by atoms with van der Waals surface area (Å²) in [6, 6.07) is 11.5. The number of hydrogen-bond donors (Lipinski definition) is 2. The monoisotopic (exact) mass is 518 g/mol. The zero-order valence-electron chi connectivity index (χ0n) is 20.4. The molecule has 0 saturated carbocycles. The van der Waals surface area contributed by atoms with Gasteiger partial charge in [-0.15, -0.1) is 0 Å². The first kappa shape index (κ1) is 25.0. The molecule has 1 aliphatic rings.